The molecule has 1 aliphatic heterocycles. The number of benzene rings is 2. The van der Waals surface area contributed by atoms with Crippen LogP contribution in [0.4, 0.5) is 0 Å². The Morgan fingerprint density at radius 2 is 1.74 bits per heavy atom. The van der Waals surface area contributed by atoms with Crippen LogP contribution in [0.2, 0.25) is 0 Å². The predicted molar refractivity (Wildman–Crippen MR) is 90.7 cm³/mol. The highest BCUT2D eigenvalue weighted by molar-refractivity contribution is 5.73. The van der Waals surface area contributed by atoms with Gasteiger partial charge in [0, 0.05) is 5.56 Å². The maximum absolute atomic E-state index is 10.2. The number of nitrogens with two attached hydrogens (primary N) is 1. The van der Waals surface area contributed by atoms with E-state index < -0.39 is 5.60 Å². The number of fused-ring (bicyclic) bond motifs is 1. The molecule has 0 fully saturated rings. The van der Waals surface area contributed by atoms with Crippen LogP contribution in [-0.2, 0) is 6.42 Å². The average molecular weight is 311 g/mol. The van der Waals surface area contributed by atoms with Crippen LogP contribution in [0.25, 0.3) is 5.70 Å². The summed E-state index contributed by atoms with van der Waals surface area (Å²) >= 11 is 0. The third-order valence-electron chi connectivity index (χ3n) is 4.09. The van der Waals surface area contributed by atoms with Gasteiger partial charge in [0.15, 0.2) is 11.4 Å². The van der Waals surface area contributed by atoms with Crippen molar-refractivity contribution in [2.24, 2.45) is 5.73 Å². The lowest BCUT2D eigenvalue weighted by Gasteiger charge is -2.32. The second kappa shape index (κ2) is 5.54. The molecule has 0 saturated heterocycles. The van der Waals surface area contributed by atoms with Gasteiger partial charge in [-0.15, -0.1) is 0 Å². The van der Waals surface area contributed by atoms with Crippen LogP contribution in [0.5, 0.6) is 11.5 Å². The maximum Gasteiger partial charge on any atom is 0.162 e. The molecule has 0 unspecified atom stereocenters. The van der Waals surface area contributed by atoms with Crippen molar-refractivity contribution in [3.63, 3.8) is 0 Å². The Bertz CT molecular complexity index is 761. The second-order valence-corrected chi connectivity index (χ2v) is 6.23. The van der Waals surface area contributed by atoms with E-state index in [0.29, 0.717) is 11.4 Å². The van der Waals surface area contributed by atoms with Crippen LogP contribution in [-0.4, -0.2) is 17.8 Å². The van der Waals surface area contributed by atoms with Gasteiger partial charge in [-0.2, -0.15) is 0 Å². The van der Waals surface area contributed by atoms with Crippen molar-refractivity contribution in [3.05, 3.63) is 64.9 Å². The summed E-state index contributed by atoms with van der Waals surface area (Å²) in [5.41, 5.74) is 8.71. The molecule has 0 bridgehead atoms. The van der Waals surface area contributed by atoms with E-state index in [2.05, 4.69) is 0 Å². The number of rotatable bonds is 3. The van der Waals surface area contributed by atoms with E-state index in [1.165, 1.54) is 5.56 Å². The maximum atomic E-state index is 10.2. The highest BCUT2D eigenvalue weighted by Crippen LogP contribution is 2.38. The minimum Gasteiger partial charge on any atom is -0.506 e. The van der Waals surface area contributed by atoms with Gasteiger partial charge in [0.1, 0.15) is 11.5 Å². The van der Waals surface area contributed by atoms with Crippen molar-refractivity contribution >= 4 is 5.70 Å². The minimum atomic E-state index is -0.797. The van der Waals surface area contributed by atoms with Crippen molar-refractivity contribution in [3.8, 4) is 11.5 Å². The molecule has 0 radical (unpaired) electrons. The lowest BCUT2D eigenvalue weighted by Crippen LogP contribution is -2.36. The second-order valence-electron chi connectivity index (χ2n) is 6.23. The zero-order valence-electron chi connectivity index (χ0n) is 13.6. The van der Waals surface area contributed by atoms with Crippen molar-refractivity contribution in [2.45, 2.75) is 25.9 Å². The van der Waals surface area contributed by atoms with Gasteiger partial charge in [0.05, 0.1) is 12.8 Å². The molecule has 0 amide bonds. The van der Waals surface area contributed by atoms with Crippen LogP contribution in [0.1, 0.15) is 30.5 Å². The van der Waals surface area contributed by atoms with E-state index in [1.54, 1.807) is 21.0 Å². The number of aliphatic hydroxyl groups is 1. The summed E-state index contributed by atoms with van der Waals surface area (Å²) in [6.07, 6.45) is 0.773. The normalized spacial score (nSPS) is 15.8. The fraction of sp³-hybridized carbons (Fsp3) is 0.263. The average Bonchev–Trinajstić information content (AvgIpc) is 2.54. The van der Waals surface area contributed by atoms with E-state index in [4.69, 9.17) is 15.2 Å². The quantitative estimate of drug-likeness (QED) is 0.908. The zero-order valence-corrected chi connectivity index (χ0v) is 13.6. The zero-order chi connectivity index (χ0) is 16.6. The summed E-state index contributed by atoms with van der Waals surface area (Å²) in [6.45, 7) is 3.59. The summed E-state index contributed by atoms with van der Waals surface area (Å²) in [7, 11) is 1.65. The topological polar surface area (TPSA) is 64.7 Å². The molecule has 4 heteroatoms. The molecule has 2 aromatic rings. The van der Waals surface area contributed by atoms with E-state index in [0.717, 1.165) is 23.3 Å². The molecule has 0 aromatic heterocycles. The van der Waals surface area contributed by atoms with E-state index in [1.807, 2.05) is 42.5 Å². The number of hydrogen-bond donors (Lipinski definition) is 2. The molecular formula is C19H21NO3. The fourth-order valence-electron chi connectivity index (χ4n) is 2.74. The largest absolute Gasteiger partial charge is 0.506 e. The molecular weight excluding hydrogens is 290 g/mol. The number of methoxy groups -OCH3 is 1. The van der Waals surface area contributed by atoms with Crippen molar-refractivity contribution < 1.29 is 14.6 Å². The Hall–Kier alpha value is -2.62. The summed E-state index contributed by atoms with van der Waals surface area (Å²) in [5, 5.41) is 10.2. The Morgan fingerprint density at radius 3 is 2.39 bits per heavy atom. The van der Waals surface area contributed by atoms with Gasteiger partial charge in [-0.3, -0.25) is 0 Å². The Balaban J connectivity index is 1.91. The molecule has 2 aromatic carbocycles. The van der Waals surface area contributed by atoms with E-state index >= 15 is 0 Å². The Labute approximate surface area is 136 Å². The van der Waals surface area contributed by atoms with Crippen LogP contribution < -0.4 is 15.2 Å². The van der Waals surface area contributed by atoms with Gasteiger partial charge in [0.25, 0.3) is 0 Å². The van der Waals surface area contributed by atoms with Gasteiger partial charge >= 0.3 is 0 Å². The van der Waals surface area contributed by atoms with E-state index in [9.17, 15) is 5.11 Å². The van der Waals surface area contributed by atoms with Crippen LogP contribution >= 0.6 is 0 Å². The van der Waals surface area contributed by atoms with Crippen LogP contribution in [0.3, 0.4) is 0 Å². The first-order chi connectivity index (χ1) is 10.9. The molecule has 1 heterocycles. The van der Waals surface area contributed by atoms with E-state index in [-0.39, 0.29) is 5.76 Å². The minimum absolute atomic E-state index is 0.0756. The number of hydrogen-bond acceptors (Lipinski definition) is 4. The molecule has 3 rings (SSSR count). The third-order valence-corrected chi connectivity index (χ3v) is 4.09. The summed E-state index contributed by atoms with van der Waals surface area (Å²) in [6, 6.07) is 13.9. The van der Waals surface area contributed by atoms with Crippen LogP contribution in [0, 0.1) is 0 Å². The molecule has 0 atom stereocenters. The molecule has 23 heavy (non-hydrogen) atoms. The van der Waals surface area contributed by atoms with Gasteiger partial charge in [-0.25, -0.2) is 0 Å². The van der Waals surface area contributed by atoms with Gasteiger partial charge < -0.3 is 20.3 Å². The SMILES string of the molecule is COc1ccc(Cc2ccc3c(c2)C(N)=C(O)C(C)(C)O3)cc1. The van der Waals surface area contributed by atoms with Gasteiger partial charge in [-0.1, -0.05) is 18.2 Å². The van der Waals surface area contributed by atoms with Crippen molar-refractivity contribution in [1.82, 2.24) is 0 Å². The lowest BCUT2D eigenvalue weighted by molar-refractivity contribution is 0.0917. The summed E-state index contributed by atoms with van der Waals surface area (Å²) in [4.78, 5) is 0. The first-order valence-electron chi connectivity index (χ1n) is 7.55. The molecule has 120 valence electrons. The predicted octanol–water partition coefficient (Wildman–Crippen LogP) is 3.64. The molecule has 3 N–H and O–H groups in total. The first-order valence-corrected chi connectivity index (χ1v) is 7.55. The highest BCUT2D eigenvalue weighted by atomic mass is 16.5. The molecule has 0 saturated carbocycles. The highest BCUT2D eigenvalue weighted by Gasteiger charge is 2.34. The van der Waals surface area contributed by atoms with Gasteiger partial charge in [-0.05, 0) is 55.7 Å². The lowest BCUT2D eigenvalue weighted by atomic mass is 9.94. The molecule has 1 aliphatic rings. The summed E-state index contributed by atoms with van der Waals surface area (Å²) in [5.74, 6) is 1.61. The molecule has 4 nitrogen and oxygen atoms in total. The molecule has 0 spiro atoms. The van der Waals surface area contributed by atoms with Gasteiger partial charge in [0.2, 0.25) is 0 Å². The monoisotopic (exact) mass is 311 g/mol. The number of ether oxygens (including phenoxy) is 2. The Morgan fingerprint density at radius 1 is 1.09 bits per heavy atom. The first kappa shape index (κ1) is 15.3. The number of aliphatic hydroxyl groups excluding tert-OH is 1. The fourth-order valence-corrected chi connectivity index (χ4v) is 2.74. The summed E-state index contributed by atoms with van der Waals surface area (Å²) < 4.78 is 11.0. The third kappa shape index (κ3) is 2.84. The smallest absolute Gasteiger partial charge is 0.162 e. The standard InChI is InChI=1S/C19H21NO3/c1-19(2)18(21)17(20)15-11-13(6-9-16(15)23-19)10-12-4-7-14(22-3)8-5-12/h4-9,11,21H,10,20H2,1-3H3. The van der Waals surface area contributed by atoms with Crippen LogP contribution in [0.15, 0.2) is 48.2 Å². The Kier molecular flexibility index (Phi) is 3.68. The van der Waals surface area contributed by atoms with Crippen molar-refractivity contribution in [1.29, 1.82) is 0 Å². The molecule has 0 aliphatic carbocycles. The van der Waals surface area contributed by atoms with Crippen molar-refractivity contribution in [2.75, 3.05) is 7.11 Å².